The maximum atomic E-state index is 13.2. The van der Waals surface area contributed by atoms with Gasteiger partial charge in [0.05, 0.1) is 0 Å². The first-order valence-corrected chi connectivity index (χ1v) is 4.35. The summed E-state index contributed by atoms with van der Waals surface area (Å²) in [6.45, 7) is 1.82. The van der Waals surface area contributed by atoms with E-state index in [9.17, 15) is 8.78 Å². The molecule has 0 spiro atoms. The van der Waals surface area contributed by atoms with E-state index < -0.39 is 11.7 Å². The summed E-state index contributed by atoms with van der Waals surface area (Å²) in [7, 11) is 0. The predicted octanol–water partition coefficient (Wildman–Crippen LogP) is 4.09. The molecule has 0 aliphatic rings. The summed E-state index contributed by atoms with van der Waals surface area (Å²) >= 11 is 0. The molecule has 0 fully saturated rings. The molecule has 0 aliphatic carbocycles. The lowest BCUT2D eigenvalue weighted by Crippen LogP contribution is -1.82. The minimum Gasteiger partial charge on any atom is -0.209 e. The van der Waals surface area contributed by atoms with E-state index in [1.807, 2.05) is 6.92 Å². The summed E-state index contributed by atoms with van der Waals surface area (Å²) in [6, 6.07) is 8.27. The van der Waals surface area contributed by atoms with Gasteiger partial charge in [-0.1, -0.05) is 37.3 Å². The van der Waals surface area contributed by atoms with E-state index in [0.717, 1.165) is 0 Å². The smallest absolute Gasteiger partial charge is 0.161 e. The average molecular weight is 182 g/mol. The fourth-order valence-corrected chi connectivity index (χ4v) is 1.07. The Balaban J connectivity index is 2.89. The first kappa shape index (κ1) is 9.90. The van der Waals surface area contributed by atoms with E-state index in [2.05, 4.69) is 0 Å². The molecule has 0 nitrogen and oxygen atoms in total. The molecular weight excluding hydrogens is 170 g/mol. The maximum Gasteiger partial charge on any atom is 0.161 e. The van der Waals surface area contributed by atoms with Crippen molar-refractivity contribution in [1.29, 1.82) is 0 Å². The molecule has 0 radical (unpaired) electrons. The van der Waals surface area contributed by atoms with E-state index in [-0.39, 0.29) is 6.42 Å². The van der Waals surface area contributed by atoms with Crippen LogP contribution >= 0.6 is 0 Å². The van der Waals surface area contributed by atoms with Crippen molar-refractivity contribution in [1.82, 2.24) is 0 Å². The molecule has 0 N–H and O–H groups in total. The molecule has 0 unspecified atom stereocenters. The lowest BCUT2D eigenvalue weighted by molar-refractivity contribution is 0.559. The van der Waals surface area contributed by atoms with Gasteiger partial charge in [0, 0.05) is 12.0 Å². The van der Waals surface area contributed by atoms with Crippen LogP contribution in [0, 0.1) is 0 Å². The average Bonchev–Trinajstić information content (AvgIpc) is 2.18. The van der Waals surface area contributed by atoms with E-state index in [1.54, 1.807) is 30.3 Å². The lowest BCUT2D eigenvalue weighted by Gasteiger charge is -1.99. The minimum absolute atomic E-state index is 0.167. The number of benzene rings is 1. The first-order chi connectivity index (χ1) is 6.25. The molecule has 1 aromatic rings. The highest BCUT2D eigenvalue weighted by Gasteiger charge is 2.06. The quantitative estimate of drug-likeness (QED) is 0.660. The van der Waals surface area contributed by atoms with Crippen LogP contribution in [0.3, 0.4) is 0 Å². The Kier molecular flexibility index (Phi) is 3.62. The van der Waals surface area contributed by atoms with Crippen LogP contribution in [-0.2, 0) is 0 Å². The van der Waals surface area contributed by atoms with Crippen molar-refractivity contribution in [2.75, 3.05) is 0 Å². The standard InChI is InChI=1S/C11H12F2/c1-2-6-10(12)11(13)9-7-4-3-5-8-9/h3-5,7-8H,2,6H2,1H3/b11-10+. The fraction of sp³-hybridized carbons (Fsp3) is 0.273. The van der Waals surface area contributed by atoms with Crippen LogP contribution in [0.25, 0.3) is 5.83 Å². The normalized spacial score (nSPS) is 12.5. The zero-order valence-electron chi connectivity index (χ0n) is 7.56. The van der Waals surface area contributed by atoms with Crippen molar-refractivity contribution in [2.24, 2.45) is 0 Å². The molecule has 1 rings (SSSR count). The van der Waals surface area contributed by atoms with E-state index >= 15 is 0 Å². The number of halogens is 2. The SMILES string of the molecule is CCC/C(F)=C(\F)c1ccccc1. The van der Waals surface area contributed by atoms with Gasteiger partial charge in [-0.05, 0) is 6.42 Å². The highest BCUT2D eigenvalue weighted by molar-refractivity contribution is 5.60. The molecule has 0 atom stereocenters. The van der Waals surface area contributed by atoms with Crippen molar-refractivity contribution >= 4 is 5.83 Å². The van der Waals surface area contributed by atoms with Crippen molar-refractivity contribution in [2.45, 2.75) is 19.8 Å². The Morgan fingerprint density at radius 1 is 1.15 bits per heavy atom. The molecule has 0 bridgehead atoms. The second-order valence-electron chi connectivity index (χ2n) is 2.83. The second-order valence-corrected chi connectivity index (χ2v) is 2.83. The van der Waals surface area contributed by atoms with Crippen LogP contribution in [0.5, 0.6) is 0 Å². The van der Waals surface area contributed by atoms with Crippen LogP contribution in [0.1, 0.15) is 25.3 Å². The lowest BCUT2D eigenvalue weighted by atomic mass is 10.1. The fourth-order valence-electron chi connectivity index (χ4n) is 1.07. The molecule has 0 heterocycles. The van der Waals surface area contributed by atoms with E-state index in [0.29, 0.717) is 12.0 Å². The Morgan fingerprint density at radius 3 is 2.31 bits per heavy atom. The van der Waals surface area contributed by atoms with Crippen molar-refractivity contribution in [3.05, 3.63) is 41.7 Å². The Hall–Kier alpha value is -1.18. The summed E-state index contributed by atoms with van der Waals surface area (Å²) in [5.74, 6) is -1.39. The highest BCUT2D eigenvalue weighted by atomic mass is 19.2. The van der Waals surface area contributed by atoms with E-state index in [1.165, 1.54) is 0 Å². The van der Waals surface area contributed by atoms with Gasteiger partial charge in [0.1, 0.15) is 5.83 Å². The van der Waals surface area contributed by atoms with Gasteiger partial charge in [-0.3, -0.25) is 0 Å². The number of allylic oxidation sites excluding steroid dienone is 1. The van der Waals surface area contributed by atoms with Crippen molar-refractivity contribution in [3.63, 3.8) is 0 Å². The molecular formula is C11H12F2. The molecule has 0 amide bonds. The third-order valence-electron chi connectivity index (χ3n) is 1.73. The summed E-state index contributed by atoms with van der Waals surface area (Å²) in [6.07, 6.45) is 0.785. The topological polar surface area (TPSA) is 0 Å². The van der Waals surface area contributed by atoms with Gasteiger partial charge in [-0.2, -0.15) is 0 Å². The molecule has 0 saturated carbocycles. The van der Waals surface area contributed by atoms with Crippen molar-refractivity contribution in [3.8, 4) is 0 Å². The second kappa shape index (κ2) is 4.75. The Morgan fingerprint density at radius 2 is 1.77 bits per heavy atom. The first-order valence-electron chi connectivity index (χ1n) is 4.35. The predicted molar refractivity (Wildman–Crippen MR) is 50.5 cm³/mol. The summed E-state index contributed by atoms with van der Waals surface area (Å²) < 4.78 is 26.2. The van der Waals surface area contributed by atoms with Gasteiger partial charge in [-0.15, -0.1) is 0 Å². The molecule has 2 heteroatoms. The number of hydrogen-bond donors (Lipinski definition) is 0. The Bertz CT molecular complexity index is 288. The molecule has 70 valence electrons. The van der Waals surface area contributed by atoms with Crippen LogP contribution in [0.4, 0.5) is 8.78 Å². The van der Waals surface area contributed by atoms with Gasteiger partial charge in [0.25, 0.3) is 0 Å². The van der Waals surface area contributed by atoms with Crippen LogP contribution < -0.4 is 0 Å². The third-order valence-corrected chi connectivity index (χ3v) is 1.73. The largest absolute Gasteiger partial charge is 0.209 e. The monoisotopic (exact) mass is 182 g/mol. The summed E-state index contributed by atoms with van der Waals surface area (Å²) in [5.41, 5.74) is 0.313. The zero-order chi connectivity index (χ0) is 9.68. The number of rotatable bonds is 3. The molecule has 13 heavy (non-hydrogen) atoms. The Labute approximate surface area is 76.9 Å². The maximum absolute atomic E-state index is 13.2. The van der Waals surface area contributed by atoms with Gasteiger partial charge in [-0.25, -0.2) is 8.78 Å². The van der Waals surface area contributed by atoms with Gasteiger partial charge < -0.3 is 0 Å². The zero-order valence-corrected chi connectivity index (χ0v) is 7.56. The van der Waals surface area contributed by atoms with Crippen LogP contribution in [0.15, 0.2) is 36.2 Å². The molecule has 0 aliphatic heterocycles. The third kappa shape index (κ3) is 2.65. The van der Waals surface area contributed by atoms with Gasteiger partial charge in [0.2, 0.25) is 0 Å². The minimum atomic E-state index is -0.734. The van der Waals surface area contributed by atoms with E-state index in [4.69, 9.17) is 0 Å². The van der Waals surface area contributed by atoms with Crippen LogP contribution in [0.2, 0.25) is 0 Å². The molecule has 0 saturated heterocycles. The van der Waals surface area contributed by atoms with Crippen LogP contribution in [-0.4, -0.2) is 0 Å². The molecule has 1 aromatic carbocycles. The van der Waals surface area contributed by atoms with Gasteiger partial charge in [0.15, 0.2) is 5.83 Å². The highest BCUT2D eigenvalue weighted by Crippen LogP contribution is 2.23. The van der Waals surface area contributed by atoms with Gasteiger partial charge >= 0.3 is 0 Å². The molecule has 0 aromatic heterocycles. The summed E-state index contributed by atoms with van der Waals surface area (Å²) in [4.78, 5) is 0. The summed E-state index contributed by atoms with van der Waals surface area (Å²) in [5, 5.41) is 0. The van der Waals surface area contributed by atoms with Crippen molar-refractivity contribution < 1.29 is 8.78 Å². The number of hydrogen-bond acceptors (Lipinski definition) is 0.